The number of thioether (sulfide) groups is 1. The summed E-state index contributed by atoms with van der Waals surface area (Å²) in [5.41, 5.74) is 7.11. The van der Waals surface area contributed by atoms with Gasteiger partial charge in [-0.2, -0.15) is 0 Å². The molecule has 4 nitrogen and oxygen atoms in total. The molecule has 0 aromatic heterocycles. The predicted octanol–water partition coefficient (Wildman–Crippen LogP) is 3.98. The first-order chi connectivity index (χ1) is 12.4. The molecular formula is C20H22FN3OS. The molecule has 1 unspecified atom stereocenters. The summed E-state index contributed by atoms with van der Waals surface area (Å²) in [6, 6.07) is 14.0. The third-order valence-corrected chi connectivity index (χ3v) is 5.47. The molecule has 0 spiro atoms. The molecule has 0 aliphatic carbocycles. The van der Waals surface area contributed by atoms with Crippen LogP contribution in [0.3, 0.4) is 0 Å². The van der Waals surface area contributed by atoms with E-state index in [0.717, 1.165) is 23.3 Å². The highest BCUT2D eigenvalue weighted by Gasteiger charge is 2.30. The number of carbonyl (C=O) groups is 1. The number of hydrogen-bond acceptors (Lipinski definition) is 4. The van der Waals surface area contributed by atoms with E-state index in [2.05, 4.69) is 10.3 Å². The third-order valence-electron chi connectivity index (χ3n) is 4.68. The van der Waals surface area contributed by atoms with Gasteiger partial charge in [-0.25, -0.2) is 4.39 Å². The molecule has 1 aliphatic heterocycles. The van der Waals surface area contributed by atoms with E-state index in [1.165, 1.54) is 17.8 Å². The largest absolute Gasteiger partial charge is 0.379 e. The zero-order valence-corrected chi connectivity index (χ0v) is 15.6. The Balaban J connectivity index is 1.86. The number of amides is 1. The number of amidine groups is 1. The van der Waals surface area contributed by atoms with Gasteiger partial charge in [-0.3, -0.25) is 9.79 Å². The average Bonchev–Trinajstić information content (AvgIpc) is 2.62. The van der Waals surface area contributed by atoms with Gasteiger partial charge in [0, 0.05) is 5.75 Å². The number of rotatable bonds is 4. The smallest absolute Gasteiger partial charge is 0.254 e. The fourth-order valence-electron chi connectivity index (χ4n) is 3.03. The summed E-state index contributed by atoms with van der Waals surface area (Å²) in [4.78, 5) is 17.2. The summed E-state index contributed by atoms with van der Waals surface area (Å²) in [6.07, 6.45) is 0.783. The van der Waals surface area contributed by atoms with Crippen molar-refractivity contribution in [2.24, 2.45) is 10.7 Å². The third kappa shape index (κ3) is 3.90. The molecule has 0 fully saturated rings. The molecule has 2 aromatic carbocycles. The normalized spacial score (nSPS) is 21.0. The second-order valence-corrected chi connectivity index (χ2v) is 7.74. The van der Waals surface area contributed by atoms with Crippen LogP contribution in [-0.2, 0) is 5.54 Å². The fraction of sp³-hybridized carbons (Fsp3) is 0.300. The van der Waals surface area contributed by atoms with Gasteiger partial charge in [0.05, 0.1) is 17.1 Å². The van der Waals surface area contributed by atoms with Gasteiger partial charge in [0.15, 0.2) is 5.17 Å². The first kappa shape index (κ1) is 18.5. The molecule has 1 amide bonds. The maximum absolute atomic E-state index is 14.3. The Morgan fingerprint density at radius 2 is 2.04 bits per heavy atom. The van der Waals surface area contributed by atoms with Crippen molar-refractivity contribution in [2.45, 2.75) is 31.8 Å². The molecule has 0 bridgehead atoms. The standard InChI is InChI=1S/C20H22FN3OS/c1-13(14-6-4-3-5-7-14)23-18(25)16-12-15(8-9-17(16)21)20(2)10-11-26-19(22)24-20/h3-9,12-13H,10-11H2,1-2H3,(H2,22,24)(H,23,25)/t13-,20?/m1/s1. The lowest BCUT2D eigenvalue weighted by molar-refractivity contribution is 0.0935. The van der Waals surface area contributed by atoms with Gasteiger partial charge >= 0.3 is 0 Å². The highest BCUT2D eigenvalue weighted by molar-refractivity contribution is 8.13. The minimum atomic E-state index is -0.544. The van der Waals surface area contributed by atoms with Crippen LogP contribution < -0.4 is 11.1 Å². The number of carbonyl (C=O) groups excluding carboxylic acids is 1. The molecule has 1 heterocycles. The van der Waals surface area contributed by atoms with E-state index in [1.54, 1.807) is 12.1 Å². The highest BCUT2D eigenvalue weighted by atomic mass is 32.2. The molecule has 0 saturated carbocycles. The molecule has 1 aliphatic rings. The van der Waals surface area contributed by atoms with Crippen molar-refractivity contribution < 1.29 is 9.18 Å². The molecule has 6 heteroatoms. The quantitative estimate of drug-likeness (QED) is 0.854. The van der Waals surface area contributed by atoms with Crippen molar-refractivity contribution in [1.82, 2.24) is 5.32 Å². The van der Waals surface area contributed by atoms with E-state index in [9.17, 15) is 9.18 Å². The highest BCUT2D eigenvalue weighted by Crippen LogP contribution is 2.35. The Bertz CT molecular complexity index is 840. The lowest BCUT2D eigenvalue weighted by atomic mass is 9.88. The monoisotopic (exact) mass is 371 g/mol. The minimum Gasteiger partial charge on any atom is -0.379 e. The molecule has 0 radical (unpaired) electrons. The number of hydrogen-bond donors (Lipinski definition) is 2. The Kier molecular flexibility index (Phi) is 5.32. The lowest BCUT2D eigenvalue weighted by Crippen LogP contribution is -2.30. The van der Waals surface area contributed by atoms with E-state index < -0.39 is 17.3 Å². The van der Waals surface area contributed by atoms with Gasteiger partial charge in [0.25, 0.3) is 5.91 Å². The number of aliphatic imine (C=N–C) groups is 1. The van der Waals surface area contributed by atoms with Crippen molar-refractivity contribution in [2.75, 3.05) is 5.75 Å². The molecule has 26 heavy (non-hydrogen) atoms. The van der Waals surface area contributed by atoms with Crippen LogP contribution in [0.5, 0.6) is 0 Å². The van der Waals surface area contributed by atoms with Crippen molar-refractivity contribution in [3.63, 3.8) is 0 Å². The zero-order valence-electron chi connectivity index (χ0n) is 14.8. The summed E-state index contributed by atoms with van der Waals surface area (Å²) in [5, 5.41) is 3.38. The number of benzene rings is 2. The van der Waals surface area contributed by atoms with Crippen LogP contribution in [0.2, 0.25) is 0 Å². The molecular weight excluding hydrogens is 349 g/mol. The SMILES string of the molecule is C[C@@H](NC(=O)c1cc(C2(C)CCSC(N)=N2)ccc1F)c1ccccc1. The zero-order chi connectivity index (χ0) is 18.7. The molecule has 2 atom stereocenters. The first-order valence-corrected chi connectivity index (χ1v) is 9.51. The van der Waals surface area contributed by atoms with Gasteiger partial charge in [-0.1, -0.05) is 48.2 Å². The first-order valence-electron chi connectivity index (χ1n) is 8.53. The Hall–Kier alpha value is -2.34. The summed E-state index contributed by atoms with van der Waals surface area (Å²) in [6.45, 7) is 3.83. The average molecular weight is 371 g/mol. The fourth-order valence-corrected chi connectivity index (χ4v) is 4.00. The van der Waals surface area contributed by atoms with Crippen molar-refractivity contribution >= 4 is 22.8 Å². The van der Waals surface area contributed by atoms with Crippen LogP contribution in [0, 0.1) is 5.82 Å². The maximum Gasteiger partial charge on any atom is 0.254 e. The van der Waals surface area contributed by atoms with E-state index in [-0.39, 0.29) is 11.6 Å². The van der Waals surface area contributed by atoms with Gasteiger partial charge in [0.1, 0.15) is 5.82 Å². The number of halogens is 1. The van der Waals surface area contributed by atoms with E-state index in [1.807, 2.05) is 44.2 Å². The lowest BCUT2D eigenvalue weighted by Gasteiger charge is -2.30. The second kappa shape index (κ2) is 7.50. The second-order valence-electron chi connectivity index (χ2n) is 6.62. The van der Waals surface area contributed by atoms with E-state index >= 15 is 0 Å². The van der Waals surface area contributed by atoms with E-state index in [4.69, 9.17) is 5.73 Å². The molecule has 136 valence electrons. The summed E-state index contributed by atoms with van der Waals surface area (Å²) in [5.74, 6) is -0.140. The number of nitrogens with two attached hydrogens (primary N) is 1. The van der Waals surface area contributed by atoms with Crippen LogP contribution >= 0.6 is 11.8 Å². The van der Waals surface area contributed by atoms with E-state index in [0.29, 0.717) is 5.17 Å². The summed E-state index contributed by atoms with van der Waals surface area (Å²) < 4.78 is 14.3. The van der Waals surface area contributed by atoms with Gasteiger partial charge in [0.2, 0.25) is 0 Å². The van der Waals surface area contributed by atoms with Crippen LogP contribution in [0.1, 0.15) is 47.8 Å². The number of nitrogens with zero attached hydrogens (tertiary/aromatic N) is 1. The summed E-state index contributed by atoms with van der Waals surface area (Å²) >= 11 is 1.51. The molecule has 0 saturated heterocycles. The van der Waals surface area contributed by atoms with Crippen molar-refractivity contribution in [1.29, 1.82) is 0 Å². The molecule has 3 N–H and O–H groups in total. The van der Waals surface area contributed by atoms with Crippen LogP contribution in [-0.4, -0.2) is 16.8 Å². The summed E-state index contributed by atoms with van der Waals surface area (Å²) in [7, 11) is 0. The predicted molar refractivity (Wildman–Crippen MR) is 105 cm³/mol. The molecule has 3 rings (SSSR count). The van der Waals surface area contributed by atoms with Crippen LogP contribution in [0.4, 0.5) is 4.39 Å². The van der Waals surface area contributed by atoms with Gasteiger partial charge in [-0.15, -0.1) is 0 Å². The van der Waals surface area contributed by atoms with Crippen molar-refractivity contribution in [3.8, 4) is 0 Å². The Morgan fingerprint density at radius 1 is 1.31 bits per heavy atom. The minimum absolute atomic E-state index is 0.0264. The van der Waals surface area contributed by atoms with Crippen molar-refractivity contribution in [3.05, 3.63) is 71.0 Å². The molecule has 2 aromatic rings. The van der Waals surface area contributed by atoms with Gasteiger partial charge in [-0.05, 0) is 43.5 Å². The Labute approximate surface area is 157 Å². The van der Waals surface area contributed by atoms with Crippen LogP contribution in [0.25, 0.3) is 0 Å². The number of nitrogens with one attached hydrogen (secondary N) is 1. The Morgan fingerprint density at radius 3 is 2.73 bits per heavy atom. The van der Waals surface area contributed by atoms with Gasteiger partial charge < -0.3 is 11.1 Å². The van der Waals surface area contributed by atoms with Crippen LogP contribution in [0.15, 0.2) is 53.5 Å². The topological polar surface area (TPSA) is 67.5 Å². The maximum atomic E-state index is 14.3.